The SMILES string of the molecule is COc1ccc(C(=O)CNC(=O)CCC(=O)N2CCCC2c2ccc(F)cc2)cc1. The summed E-state index contributed by atoms with van der Waals surface area (Å²) >= 11 is 0. The second-order valence-corrected chi connectivity index (χ2v) is 7.23. The highest BCUT2D eigenvalue weighted by Crippen LogP contribution is 2.32. The number of Topliss-reactive ketones (excluding diaryl/α,β-unsaturated/α-hetero) is 1. The van der Waals surface area contributed by atoms with Crippen molar-refractivity contribution >= 4 is 17.6 Å². The van der Waals surface area contributed by atoms with Gasteiger partial charge in [0.1, 0.15) is 11.6 Å². The predicted molar refractivity (Wildman–Crippen MR) is 110 cm³/mol. The molecule has 0 radical (unpaired) electrons. The Kier molecular flexibility index (Phi) is 7.17. The van der Waals surface area contributed by atoms with Gasteiger partial charge < -0.3 is 15.0 Å². The summed E-state index contributed by atoms with van der Waals surface area (Å²) < 4.78 is 18.2. The van der Waals surface area contributed by atoms with Crippen LogP contribution in [-0.4, -0.2) is 42.7 Å². The predicted octanol–water partition coefficient (Wildman–Crippen LogP) is 3.28. The Morgan fingerprint density at radius 2 is 1.77 bits per heavy atom. The minimum absolute atomic E-state index is 0.0152. The minimum atomic E-state index is -0.345. The maximum Gasteiger partial charge on any atom is 0.223 e. The molecule has 1 aliphatic rings. The van der Waals surface area contributed by atoms with Crippen LogP contribution in [0.1, 0.15) is 47.6 Å². The van der Waals surface area contributed by atoms with E-state index in [1.165, 1.54) is 12.1 Å². The van der Waals surface area contributed by atoms with E-state index < -0.39 is 0 Å². The Morgan fingerprint density at radius 3 is 2.43 bits per heavy atom. The molecule has 0 spiro atoms. The number of rotatable bonds is 8. The third kappa shape index (κ3) is 5.43. The number of ketones is 1. The highest BCUT2D eigenvalue weighted by Gasteiger charge is 2.29. The van der Waals surface area contributed by atoms with Crippen LogP contribution in [0.5, 0.6) is 5.75 Å². The second-order valence-electron chi connectivity index (χ2n) is 7.23. The lowest BCUT2D eigenvalue weighted by atomic mass is 10.0. The molecule has 2 aromatic carbocycles. The molecule has 1 saturated heterocycles. The number of halogens is 1. The molecule has 0 aliphatic carbocycles. The van der Waals surface area contributed by atoms with Crippen LogP contribution >= 0.6 is 0 Å². The number of likely N-dealkylation sites (tertiary alicyclic amines) is 1. The molecule has 0 bridgehead atoms. The van der Waals surface area contributed by atoms with Crippen molar-refractivity contribution < 1.29 is 23.5 Å². The Morgan fingerprint density at radius 1 is 1.07 bits per heavy atom. The smallest absolute Gasteiger partial charge is 0.223 e. The molecule has 1 fully saturated rings. The summed E-state index contributed by atoms with van der Waals surface area (Å²) in [6.45, 7) is 0.500. The number of nitrogens with one attached hydrogen (secondary N) is 1. The van der Waals surface area contributed by atoms with Crippen molar-refractivity contribution in [3.05, 3.63) is 65.5 Å². The first kappa shape index (κ1) is 21.5. The van der Waals surface area contributed by atoms with Gasteiger partial charge in [-0.25, -0.2) is 4.39 Å². The van der Waals surface area contributed by atoms with E-state index in [0.717, 1.165) is 18.4 Å². The van der Waals surface area contributed by atoms with E-state index in [-0.39, 0.29) is 48.8 Å². The number of carbonyl (C=O) groups excluding carboxylic acids is 3. The first-order chi connectivity index (χ1) is 14.5. The number of hydrogen-bond donors (Lipinski definition) is 1. The van der Waals surface area contributed by atoms with E-state index in [0.29, 0.717) is 17.9 Å². The molecule has 1 N–H and O–H groups in total. The van der Waals surface area contributed by atoms with E-state index >= 15 is 0 Å². The van der Waals surface area contributed by atoms with Gasteiger partial charge in [0.2, 0.25) is 11.8 Å². The van der Waals surface area contributed by atoms with Crippen LogP contribution in [0.2, 0.25) is 0 Å². The molecule has 1 atom stereocenters. The topological polar surface area (TPSA) is 75.7 Å². The average molecular weight is 412 g/mol. The van der Waals surface area contributed by atoms with Gasteiger partial charge in [0.05, 0.1) is 19.7 Å². The van der Waals surface area contributed by atoms with Crippen molar-refractivity contribution in [2.45, 2.75) is 31.7 Å². The normalized spacial score (nSPS) is 15.7. The zero-order valence-electron chi connectivity index (χ0n) is 16.9. The largest absolute Gasteiger partial charge is 0.497 e. The monoisotopic (exact) mass is 412 g/mol. The van der Waals surface area contributed by atoms with Crippen LogP contribution in [0, 0.1) is 5.82 Å². The quantitative estimate of drug-likeness (QED) is 0.675. The maximum atomic E-state index is 13.2. The molecule has 0 saturated carbocycles. The number of carbonyl (C=O) groups is 3. The van der Waals surface area contributed by atoms with Crippen molar-refractivity contribution in [3.63, 3.8) is 0 Å². The first-order valence-electron chi connectivity index (χ1n) is 9.97. The molecular formula is C23H25FN2O4. The molecule has 1 aliphatic heterocycles. The lowest BCUT2D eigenvalue weighted by molar-refractivity contribution is -0.134. The fourth-order valence-corrected chi connectivity index (χ4v) is 3.61. The summed E-state index contributed by atoms with van der Waals surface area (Å²) in [5.74, 6) is -0.333. The Bertz CT molecular complexity index is 896. The molecule has 2 aromatic rings. The van der Waals surface area contributed by atoms with Gasteiger partial charge in [0.15, 0.2) is 5.78 Å². The lowest BCUT2D eigenvalue weighted by Crippen LogP contribution is -2.33. The van der Waals surface area contributed by atoms with Crippen molar-refractivity contribution in [1.82, 2.24) is 10.2 Å². The number of amides is 2. The number of hydrogen-bond acceptors (Lipinski definition) is 4. The standard InChI is InChI=1S/C23H25FN2O4/c1-30-19-10-6-17(7-11-19)21(27)15-25-22(28)12-13-23(29)26-14-2-3-20(26)16-4-8-18(24)9-5-16/h4-11,20H,2-3,12-15H2,1H3,(H,25,28). The second kappa shape index (κ2) is 10.0. The summed E-state index contributed by atoms with van der Waals surface area (Å²) in [6.07, 6.45) is 1.78. The van der Waals surface area contributed by atoms with Crippen LogP contribution in [-0.2, 0) is 9.59 Å². The van der Waals surface area contributed by atoms with Gasteiger partial charge in [-0.05, 0) is 54.8 Å². The highest BCUT2D eigenvalue weighted by molar-refractivity contribution is 5.99. The molecule has 1 unspecified atom stereocenters. The molecule has 3 rings (SSSR count). The molecule has 30 heavy (non-hydrogen) atoms. The van der Waals surface area contributed by atoms with Gasteiger partial charge in [-0.1, -0.05) is 12.1 Å². The van der Waals surface area contributed by atoms with Gasteiger partial charge in [-0.2, -0.15) is 0 Å². The van der Waals surface area contributed by atoms with Gasteiger partial charge in [-0.3, -0.25) is 14.4 Å². The molecular weight excluding hydrogens is 387 g/mol. The summed E-state index contributed by atoms with van der Waals surface area (Å²) in [5.41, 5.74) is 1.38. The van der Waals surface area contributed by atoms with Crippen LogP contribution < -0.4 is 10.1 Å². The van der Waals surface area contributed by atoms with E-state index in [1.54, 1.807) is 48.4 Å². The van der Waals surface area contributed by atoms with Crippen LogP contribution in [0.25, 0.3) is 0 Å². The van der Waals surface area contributed by atoms with E-state index in [1.807, 2.05) is 0 Å². The zero-order chi connectivity index (χ0) is 21.5. The molecule has 0 aromatic heterocycles. The van der Waals surface area contributed by atoms with Crippen LogP contribution in [0.3, 0.4) is 0 Å². The van der Waals surface area contributed by atoms with Gasteiger partial charge in [0, 0.05) is 24.9 Å². The van der Waals surface area contributed by atoms with Gasteiger partial charge in [-0.15, -0.1) is 0 Å². The van der Waals surface area contributed by atoms with Crippen LogP contribution in [0.15, 0.2) is 48.5 Å². The fourth-order valence-electron chi connectivity index (χ4n) is 3.61. The van der Waals surface area contributed by atoms with Gasteiger partial charge in [0.25, 0.3) is 0 Å². The summed E-state index contributed by atoms with van der Waals surface area (Å²) in [6, 6.07) is 12.7. The van der Waals surface area contributed by atoms with E-state index in [4.69, 9.17) is 4.74 Å². The third-order valence-electron chi connectivity index (χ3n) is 5.25. The first-order valence-corrected chi connectivity index (χ1v) is 9.97. The summed E-state index contributed by atoms with van der Waals surface area (Å²) in [4.78, 5) is 38.6. The number of benzene rings is 2. The van der Waals surface area contributed by atoms with E-state index in [2.05, 4.69) is 5.32 Å². The number of ether oxygens (including phenoxy) is 1. The van der Waals surface area contributed by atoms with Crippen molar-refractivity contribution in [2.75, 3.05) is 20.2 Å². The number of nitrogens with zero attached hydrogens (tertiary/aromatic N) is 1. The van der Waals surface area contributed by atoms with Crippen LogP contribution in [0.4, 0.5) is 4.39 Å². The molecule has 6 nitrogen and oxygen atoms in total. The molecule has 2 amide bonds. The molecule has 7 heteroatoms. The van der Waals surface area contributed by atoms with Crippen molar-refractivity contribution in [2.24, 2.45) is 0 Å². The van der Waals surface area contributed by atoms with Crippen molar-refractivity contribution in [1.29, 1.82) is 0 Å². The Balaban J connectivity index is 1.46. The highest BCUT2D eigenvalue weighted by atomic mass is 19.1. The maximum absolute atomic E-state index is 13.2. The average Bonchev–Trinajstić information content (AvgIpc) is 3.26. The van der Waals surface area contributed by atoms with Crippen molar-refractivity contribution in [3.8, 4) is 5.75 Å². The minimum Gasteiger partial charge on any atom is -0.497 e. The lowest BCUT2D eigenvalue weighted by Gasteiger charge is -2.25. The summed E-state index contributed by atoms with van der Waals surface area (Å²) in [5, 5.41) is 2.57. The third-order valence-corrected chi connectivity index (χ3v) is 5.25. The molecule has 1 heterocycles. The zero-order valence-corrected chi connectivity index (χ0v) is 16.9. The Hall–Kier alpha value is -3.22. The fraction of sp³-hybridized carbons (Fsp3) is 0.348. The summed E-state index contributed by atoms with van der Waals surface area (Å²) in [7, 11) is 1.54. The Labute approximate surface area is 175 Å². The van der Waals surface area contributed by atoms with E-state index in [9.17, 15) is 18.8 Å². The number of methoxy groups -OCH3 is 1. The van der Waals surface area contributed by atoms with Gasteiger partial charge >= 0.3 is 0 Å². The molecule has 158 valence electrons.